The molecule has 4 rings (SSSR count). The lowest BCUT2D eigenvalue weighted by Gasteiger charge is -2.58. The second-order valence-corrected chi connectivity index (χ2v) is 10.8. The molecule has 3 saturated carbocycles. The van der Waals surface area contributed by atoms with E-state index in [9.17, 15) is 10.2 Å². The first-order valence-corrected chi connectivity index (χ1v) is 11.5. The van der Waals surface area contributed by atoms with Gasteiger partial charge in [0.25, 0.3) is 0 Å². The summed E-state index contributed by atoms with van der Waals surface area (Å²) >= 11 is 0. The highest BCUT2D eigenvalue weighted by Crippen LogP contribution is 2.67. The first kappa shape index (κ1) is 12.0. The van der Waals surface area contributed by atoms with E-state index in [0.717, 1.165) is 44.9 Å². The predicted molar refractivity (Wildman–Crippen MR) is 120 cm³/mol. The van der Waals surface area contributed by atoms with Gasteiger partial charge in [0.15, 0.2) is 0 Å². The Morgan fingerprint density at radius 3 is 2.72 bits per heavy atom. The first-order chi connectivity index (χ1) is 18.0. The summed E-state index contributed by atoms with van der Waals surface area (Å²) in [5, 5.41) is 21.7. The summed E-state index contributed by atoms with van der Waals surface area (Å²) in [7, 11) is 0. The van der Waals surface area contributed by atoms with E-state index in [4.69, 9.17) is 15.1 Å². The molecule has 0 aliphatic heterocycles. The molecule has 0 amide bonds. The van der Waals surface area contributed by atoms with Gasteiger partial charge in [-0.15, -0.1) is 0 Å². The maximum absolute atomic E-state index is 11.4. The minimum atomic E-state index is -3.79. The number of hydrogen-bond acceptors (Lipinski definition) is 2. The highest BCUT2D eigenvalue weighted by Gasteiger charge is 2.59. The molecule has 0 radical (unpaired) electrons. The molecule has 166 valence electrons. The summed E-state index contributed by atoms with van der Waals surface area (Å²) in [6, 6.07) is 0. The zero-order chi connectivity index (χ0) is 30.5. The first-order valence-electron chi connectivity index (χ1n) is 17.0. The van der Waals surface area contributed by atoms with Gasteiger partial charge in [-0.1, -0.05) is 46.1 Å². The van der Waals surface area contributed by atoms with Gasteiger partial charge < -0.3 is 10.2 Å². The van der Waals surface area contributed by atoms with E-state index < -0.39 is 44.4 Å². The summed E-state index contributed by atoms with van der Waals surface area (Å²) in [6.07, 6.45) is -0.143. The number of aliphatic hydroxyl groups is 2. The molecule has 29 heavy (non-hydrogen) atoms. The Hall–Kier alpha value is -0.340. The molecule has 0 heterocycles. The molecule has 3 fully saturated rings. The predicted octanol–water partition coefficient (Wildman–Crippen LogP) is 6.36. The third kappa shape index (κ3) is 3.65. The Morgan fingerprint density at radius 2 is 1.97 bits per heavy atom. The van der Waals surface area contributed by atoms with Gasteiger partial charge in [-0.3, -0.25) is 0 Å². The average Bonchev–Trinajstić information content (AvgIpc) is 3.18. The lowest BCUT2D eigenvalue weighted by Crippen LogP contribution is -2.51. The van der Waals surface area contributed by atoms with Crippen molar-refractivity contribution < 1.29 is 25.3 Å². The van der Waals surface area contributed by atoms with Crippen molar-refractivity contribution in [3.05, 3.63) is 11.6 Å². The second kappa shape index (κ2) is 7.97. The van der Waals surface area contributed by atoms with Crippen molar-refractivity contribution in [2.24, 2.45) is 46.3 Å². The Kier molecular flexibility index (Phi) is 3.31. The molecule has 2 heteroatoms. The molecule has 4 aliphatic carbocycles. The van der Waals surface area contributed by atoms with Gasteiger partial charge in [0.2, 0.25) is 0 Å². The van der Waals surface area contributed by atoms with Crippen molar-refractivity contribution in [1.82, 2.24) is 0 Å². The maximum atomic E-state index is 11.4. The summed E-state index contributed by atoms with van der Waals surface area (Å²) in [5.41, 5.74) is 1.18. The number of fused-ring (bicyclic) bond motifs is 5. The van der Waals surface area contributed by atoms with E-state index in [1.54, 1.807) is 6.92 Å². The molecule has 2 N–H and O–H groups in total. The lowest BCUT2D eigenvalue weighted by molar-refractivity contribution is -0.0681. The molecule has 4 aliphatic rings. The minimum Gasteiger partial charge on any atom is -0.393 e. The molecule has 0 aromatic heterocycles. The van der Waals surface area contributed by atoms with E-state index in [0.29, 0.717) is 24.2 Å². The van der Waals surface area contributed by atoms with Crippen LogP contribution in [0.1, 0.15) is 114 Å². The number of rotatable bonds is 5. The quantitative estimate of drug-likeness (QED) is 0.515. The molecule has 0 saturated heterocycles. The third-order valence-electron chi connectivity index (χ3n) is 9.63. The summed E-state index contributed by atoms with van der Waals surface area (Å²) in [6.45, 7) is -1.16. The third-order valence-corrected chi connectivity index (χ3v) is 9.63. The molecule has 0 bridgehead atoms. The summed E-state index contributed by atoms with van der Waals surface area (Å²) in [4.78, 5) is 0. The number of allylic oxidation sites excluding steroid dienone is 1. The van der Waals surface area contributed by atoms with Crippen LogP contribution in [0.3, 0.4) is 0 Å². The zero-order valence-corrected chi connectivity index (χ0v) is 18.2. The fourth-order valence-corrected chi connectivity index (χ4v) is 8.04. The molecule has 0 aromatic rings. The van der Waals surface area contributed by atoms with Crippen molar-refractivity contribution in [2.75, 3.05) is 0 Å². The molecule has 0 spiro atoms. The Morgan fingerprint density at radius 1 is 1.17 bits per heavy atom. The van der Waals surface area contributed by atoms with Crippen LogP contribution in [0, 0.1) is 46.3 Å². The van der Waals surface area contributed by atoms with Gasteiger partial charge in [0.1, 0.15) is 0 Å². The lowest BCUT2D eigenvalue weighted by atomic mass is 9.47. The van der Waals surface area contributed by atoms with Crippen LogP contribution in [0.15, 0.2) is 11.6 Å². The van der Waals surface area contributed by atoms with Crippen LogP contribution in [0.4, 0.5) is 0 Å². The fourth-order valence-electron chi connectivity index (χ4n) is 8.04. The number of aliphatic hydroxyl groups excluding tert-OH is 2. The van der Waals surface area contributed by atoms with E-state index in [-0.39, 0.29) is 22.9 Å². The monoisotopic (exact) mass is 413 g/mol. The maximum Gasteiger partial charge on any atom is 0.0577 e. The van der Waals surface area contributed by atoms with Crippen molar-refractivity contribution in [3.63, 3.8) is 0 Å². The molecular weight excluding hydrogens is 356 g/mol. The van der Waals surface area contributed by atoms with Gasteiger partial charge in [0, 0.05) is 15.1 Å². The van der Waals surface area contributed by atoms with Crippen LogP contribution in [0.2, 0.25) is 0 Å². The van der Waals surface area contributed by atoms with E-state index >= 15 is 0 Å². The Balaban J connectivity index is 1.62. The van der Waals surface area contributed by atoms with Crippen LogP contribution < -0.4 is 0 Å². The van der Waals surface area contributed by atoms with Gasteiger partial charge in [-0.05, 0) is 110 Å². The molecule has 2 nitrogen and oxygen atoms in total. The Labute approximate surface area is 195 Å². The minimum absolute atomic E-state index is 0.0578. The Bertz CT molecular complexity index is 991. The van der Waals surface area contributed by atoms with Gasteiger partial charge in [-0.2, -0.15) is 0 Å². The second-order valence-electron chi connectivity index (χ2n) is 10.8. The molecule has 1 unspecified atom stereocenters. The molecule has 0 aromatic carbocycles. The standard InChI is InChI=1S/C27H46O2/c1-17(2)6-11-25(29)18(3)22-9-10-23-21-8-7-19-16-20(28)12-14-26(19,4)24(21)13-15-27(22,23)5/h7,17-18,20-25,28-29H,6,8-16H2,1-5H3/t18-,20-,21-,22+,23-,24-,25?,26-,27+/m0/s1/i1D3,2D3,6D2,11D2,17D. The van der Waals surface area contributed by atoms with Crippen molar-refractivity contribution in [3.8, 4) is 0 Å². The van der Waals surface area contributed by atoms with Crippen LogP contribution in [-0.4, -0.2) is 22.4 Å². The molecular formula is C27H46O2. The van der Waals surface area contributed by atoms with Crippen LogP contribution >= 0.6 is 0 Å². The smallest absolute Gasteiger partial charge is 0.0577 e. The van der Waals surface area contributed by atoms with E-state index in [1.807, 2.05) is 0 Å². The zero-order valence-electron chi connectivity index (χ0n) is 29.2. The van der Waals surface area contributed by atoms with Crippen LogP contribution in [0.5, 0.6) is 0 Å². The normalized spacial score (nSPS) is 54.3. The highest BCUT2D eigenvalue weighted by molar-refractivity contribution is 5.25. The molecule has 9 atom stereocenters. The highest BCUT2D eigenvalue weighted by atomic mass is 16.3. The average molecular weight is 414 g/mol. The van der Waals surface area contributed by atoms with Gasteiger partial charge in [-0.25, -0.2) is 0 Å². The van der Waals surface area contributed by atoms with Crippen LogP contribution in [0.25, 0.3) is 0 Å². The van der Waals surface area contributed by atoms with Gasteiger partial charge >= 0.3 is 0 Å². The number of hydrogen-bond donors (Lipinski definition) is 2. The topological polar surface area (TPSA) is 40.5 Å². The summed E-state index contributed by atoms with van der Waals surface area (Å²) < 4.78 is 88.7. The van der Waals surface area contributed by atoms with Crippen molar-refractivity contribution in [1.29, 1.82) is 0 Å². The SMILES string of the molecule is [2H]C([2H])([2H])C([2H])(C([2H])([2H])[2H])C([2H])([2H])C([2H])([2H])C(O)[C@@H](C)[C@H]1CC[C@H]2[C@@H]3CC=C4C[C@@H](O)CC[C@]4(C)[C@H]3CC[C@]12C. The van der Waals surface area contributed by atoms with Crippen LogP contribution in [-0.2, 0) is 0 Å². The fraction of sp³-hybridized carbons (Fsp3) is 0.926. The van der Waals surface area contributed by atoms with E-state index in [1.165, 1.54) is 5.57 Å². The van der Waals surface area contributed by atoms with Crippen molar-refractivity contribution >= 4 is 0 Å². The summed E-state index contributed by atoms with van der Waals surface area (Å²) in [5.74, 6) is -3.51. The van der Waals surface area contributed by atoms with Gasteiger partial charge in [0.05, 0.1) is 12.2 Å². The van der Waals surface area contributed by atoms with Crippen molar-refractivity contribution in [2.45, 2.75) is 111 Å². The van der Waals surface area contributed by atoms with E-state index in [2.05, 4.69) is 19.9 Å². The largest absolute Gasteiger partial charge is 0.393 e.